The van der Waals surface area contributed by atoms with E-state index in [0.717, 1.165) is 34.6 Å². The van der Waals surface area contributed by atoms with Gasteiger partial charge in [0, 0.05) is 30.4 Å². The van der Waals surface area contributed by atoms with Crippen LogP contribution < -0.4 is 5.32 Å². The first-order valence-electron chi connectivity index (χ1n) is 6.45. The average Bonchev–Trinajstić information content (AvgIpc) is 2.46. The fourth-order valence-corrected chi connectivity index (χ4v) is 1.92. The maximum atomic E-state index is 5.15. The van der Waals surface area contributed by atoms with Gasteiger partial charge in [-0.05, 0) is 34.5 Å². The molecule has 0 atom stereocenters. The fourth-order valence-electron chi connectivity index (χ4n) is 1.69. The molecule has 1 N–H and O–H groups in total. The summed E-state index contributed by atoms with van der Waals surface area (Å²) in [6, 6.07) is 5.72. The number of aromatic nitrogens is 3. The van der Waals surface area contributed by atoms with Crippen molar-refractivity contribution < 1.29 is 4.74 Å². The molecule has 0 saturated carbocycles. The zero-order valence-electron chi connectivity index (χ0n) is 11.6. The second kappa shape index (κ2) is 7.31. The average molecular weight is 337 g/mol. The lowest BCUT2D eigenvalue weighted by atomic mass is 10.3. The summed E-state index contributed by atoms with van der Waals surface area (Å²) in [5.41, 5.74) is 1.58. The molecular weight excluding hydrogens is 320 g/mol. The van der Waals surface area contributed by atoms with Crippen LogP contribution in [0.5, 0.6) is 0 Å². The van der Waals surface area contributed by atoms with Gasteiger partial charge in [-0.2, -0.15) is 0 Å². The molecule has 0 radical (unpaired) electrons. The number of rotatable bonds is 6. The second-order valence-electron chi connectivity index (χ2n) is 4.29. The lowest BCUT2D eigenvalue weighted by Crippen LogP contribution is -2.06. The van der Waals surface area contributed by atoms with E-state index >= 15 is 0 Å². The molecule has 0 aromatic carbocycles. The maximum absolute atomic E-state index is 5.15. The highest BCUT2D eigenvalue weighted by atomic mass is 79.9. The van der Waals surface area contributed by atoms with E-state index in [1.165, 1.54) is 0 Å². The molecule has 0 amide bonds. The number of hydrogen-bond donors (Lipinski definition) is 1. The zero-order chi connectivity index (χ0) is 14.4. The van der Waals surface area contributed by atoms with Crippen LogP contribution in [0.4, 0.5) is 5.82 Å². The number of hydrogen-bond acceptors (Lipinski definition) is 5. The summed E-state index contributed by atoms with van der Waals surface area (Å²) >= 11 is 3.37. The number of nitrogens with zero attached hydrogens (tertiary/aromatic N) is 3. The van der Waals surface area contributed by atoms with Gasteiger partial charge in [0.1, 0.15) is 11.5 Å². The van der Waals surface area contributed by atoms with E-state index < -0.39 is 0 Å². The monoisotopic (exact) mass is 336 g/mol. The van der Waals surface area contributed by atoms with Crippen LogP contribution in [0.3, 0.4) is 0 Å². The molecule has 0 spiro atoms. The topological polar surface area (TPSA) is 59.9 Å². The molecule has 0 aliphatic rings. The van der Waals surface area contributed by atoms with Crippen LogP contribution in [0.15, 0.2) is 28.9 Å². The van der Waals surface area contributed by atoms with Crippen molar-refractivity contribution in [3.8, 4) is 11.5 Å². The minimum Gasteiger partial charge on any atom is -0.378 e. The molecule has 0 unspecified atom stereocenters. The minimum absolute atomic E-state index is 0.451. The number of methoxy groups -OCH3 is 1. The number of halogens is 1. The summed E-state index contributed by atoms with van der Waals surface area (Å²) in [5, 5.41) is 3.27. The molecule has 2 rings (SSSR count). The van der Waals surface area contributed by atoms with Crippen LogP contribution in [0.1, 0.15) is 19.0 Å². The lowest BCUT2D eigenvalue weighted by Gasteiger charge is -2.09. The highest BCUT2D eigenvalue weighted by molar-refractivity contribution is 9.10. The van der Waals surface area contributed by atoms with Gasteiger partial charge in [0.2, 0.25) is 0 Å². The predicted octanol–water partition coefficient (Wildman–Crippen LogP) is 3.27. The molecule has 5 nitrogen and oxygen atoms in total. The van der Waals surface area contributed by atoms with Gasteiger partial charge in [0.15, 0.2) is 5.82 Å². The molecule has 0 aliphatic heterocycles. The van der Waals surface area contributed by atoms with Crippen molar-refractivity contribution in [3.05, 3.63) is 34.6 Å². The Hall–Kier alpha value is -1.53. The van der Waals surface area contributed by atoms with Gasteiger partial charge in [-0.3, -0.25) is 4.98 Å². The molecule has 2 heterocycles. The van der Waals surface area contributed by atoms with E-state index in [4.69, 9.17) is 4.74 Å². The minimum atomic E-state index is 0.451. The van der Waals surface area contributed by atoms with Crippen molar-refractivity contribution in [2.24, 2.45) is 0 Å². The van der Waals surface area contributed by atoms with Gasteiger partial charge in [-0.15, -0.1) is 0 Å². The fraction of sp³-hybridized carbons (Fsp3) is 0.357. The molecule has 0 aliphatic carbocycles. The van der Waals surface area contributed by atoms with E-state index in [-0.39, 0.29) is 0 Å². The third-order valence-electron chi connectivity index (χ3n) is 2.58. The van der Waals surface area contributed by atoms with Gasteiger partial charge in [0.05, 0.1) is 12.3 Å². The number of ether oxygens (including phenoxy) is 1. The first kappa shape index (κ1) is 14.9. The summed E-state index contributed by atoms with van der Waals surface area (Å²) in [6.45, 7) is 3.44. The third kappa shape index (κ3) is 3.98. The molecule has 0 saturated heterocycles. The number of pyridine rings is 1. The molecule has 2 aromatic heterocycles. The molecule has 106 valence electrons. The molecule has 0 fully saturated rings. The first-order valence-corrected chi connectivity index (χ1v) is 7.25. The van der Waals surface area contributed by atoms with E-state index in [1.54, 1.807) is 13.3 Å². The van der Waals surface area contributed by atoms with Crippen LogP contribution in [0, 0.1) is 0 Å². The van der Waals surface area contributed by atoms with E-state index in [2.05, 4.69) is 43.1 Å². The van der Waals surface area contributed by atoms with Crippen LogP contribution in [-0.4, -0.2) is 28.6 Å². The Balaban J connectivity index is 2.34. The Morgan fingerprint density at radius 3 is 2.80 bits per heavy atom. The first-order chi connectivity index (χ1) is 9.72. The van der Waals surface area contributed by atoms with Crippen molar-refractivity contribution in [2.45, 2.75) is 20.0 Å². The van der Waals surface area contributed by atoms with Gasteiger partial charge < -0.3 is 10.1 Å². The third-order valence-corrected chi connectivity index (χ3v) is 3.05. The standard InChI is InChI=1S/C14H17BrN4O/c1-3-6-16-13-7-11(9-20-2)18-14(19-13)12-5-4-10(15)8-17-12/h4-5,7-8H,3,6,9H2,1-2H3,(H,16,18,19). The Morgan fingerprint density at radius 1 is 1.30 bits per heavy atom. The Labute approximate surface area is 127 Å². The van der Waals surface area contributed by atoms with Crippen LogP contribution >= 0.6 is 15.9 Å². The van der Waals surface area contributed by atoms with Crippen molar-refractivity contribution in [1.82, 2.24) is 15.0 Å². The Kier molecular flexibility index (Phi) is 5.43. The summed E-state index contributed by atoms with van der Waals surface area (Å²) in [5.74, 6) is 1.40. The van der Waals surface area contributed by atoms with Crippen LogP contribution in [0.2, 0.25) is 0 Å². The molecule has 6 heteroatoms. The summed E-state index contributed by atoms with van der Waals surface area (Å²) < 4.78 is 6.08. The summed E-state index contributed by atoms with van der Waals surface area (Å²) in [7, 11) is 1.65. The number of anilines is 1. The molecule has 0 bridgehead atoms. The quantitative estimate of drug-likeness (QED) is 0.877. The van der Waals surface area contributed by atoms with Crippen LogP contribution in [-0.2, 0) is 11.3 Å². The van der Waals surface area contributed by atoms with Crippen molar-refractivity contribution in [3.63, 3.8) is 0 Å². The highest BCUT2D eigenvalue weighted by Gasteiger charge is 2.08. The highest BCUT2D eigenvalue weighted by Crippen LogP contribution is 2.18. The summed E-state index contributed by atoms with van der Waals surface area (Å²) in [4.78, 5) is 13.3. The lowest BCUT2D eigenvalue weighted by molar-refractivity contribution is 0.181. The van der Waals surface area contributed by atoms with Gasteiger partial charge in [0.25, 0.3) is 0 Å². The zero-order valence-corrected chi connectivity index (χ0v) is 13.1. The second-order valence-corrected chi connectivity index (χ2v) is 5.21. The Bertz CT molecular complexity index is 560. The molecule has 2 aromatic rings. The predicted molar refractivity (Wildman–Crippen MR) is 82.5 cm³/mol. The van der Waals surface area contributed by atoms with E-state index in [0.29, 0.717) is 12.4 Å². The van der Waals surface area contributed by atoms with Gasteiger partial charge >= 0.3 is 0 Å². The SMILES string of the molecule is CCCNc1cc(COC)nc(-c2ccc(Br)cn2)n1. The largest absolute Gasteiger partial charge is 0.378 e. The molecular formula is C14H17BrN4O. The van der Waals surface area contributed by atoms with E-state index in [9.17, 15) is 0 Å². The summed E-state index contributed by atoms with van der Waals surface area (Å²) in [6.07, 6.45) is 2.77. The maximum Gasteiger partial charge on any atom is 0.180 e. The van der Waals surface area contributed by atoms with Crippen molar-refractivity contribution >= 4 is 21.7 Å². The smallest absolute Gasteiger partial charge is 0.180 e. The molecule has 20 heavy (non-hydrogen) atoms. The van der Waals surface area contributed by atoms with Gasteiger partial charge in [-0.25, -0.2) is 9.97 Å². The van der Waals surface area contributed by atoms with Crippen LogP contribution in [0.25, 0.3) is 11.5 Å². The van der Waals surface area contributed by atoms with Crippen molar-refractivity contribution in [2.75, 3.05) is 19.0 Å². The van der Waals surface area contributed by atoms with Crippen molar-refractivity contribution in [1.29, 1.82) is 0 Å². The Morgan fingerprint density at radius 2 is 2.15 bits per heavy atom. The van der Waals surface area contributed by atoms with E-state index in [1.807, 2.05) is 18.2 Å². The van der Waals surface area contributed by atoms with Gasteiger partial charge in [-0.1, -0.05) is 6.92 Å². The number of nitrogens with one attached hydrogen (secondary N) is 1. The normalized spacial score (nSPS) is 10.6.